The molecule has 0 saturated heterocycles. The van der Waals surface area contributed by atoms with Gasteiger partial charge in [0.1, 0.15) is 11.9 Å². The van der Waals surface area contributed by atoms with E-state index < -0.39 is 0 Å². The van der Waals surface area contributed by atoms with Crippen molar-refractivity contribution in [1.82, 2.24) is 0 Å². The van der Waals surface area contributed by atoms with E-state index in [0.29, 0.717) is 12.2 Å². The van der Waals surface area contributed by atoms with Crippen molar-refractivity contribution >= 4 is 0 Å². The van der Waals surface area contributed by atoms with Crippen LogP contribution in [0.4, 0.5) is 4.39 Å². The Morgan fingerprint density at radius 2 is 2.00 bits per heavy atom. The molecule has 0 aliphatic carbocycles. The quantitative estimate of drug-likeness (QED) is 0.807. The van der Waals surface area contributed by atoms with Crippen molar-refractivity contribution in [2.45, 2.75) is 38.8 Å². The first kappa shape index (κ1) is 13.1. The first-order valence-electron chi connectivity index (χ1n) is 5.82. The first-order chi connectivity index (χ1) is 7.70. The highest BCUT2D eigenvalue weighted by Gasteiger charge is 2.21. The van der Waals surface area contributed by atoms with Gasteiger partial charge in [0, 0.05) is 18.2 Å². The van der Waals surface area contributed by atoms with Gasteiger partial charge >= 0.3 is 0 Å². The molecule has 0 aromatic heterocycles. The van der Waals surface area contributed by atoms with E-state index in [-0.39, 0.29) is 18.0 Å². The minimum atomic E-state index is -0.342. The van der Waals surface area contributed by atoms with Crippen LogP contribution in [-0.4, -0.2) is 12.6 Å². The molecule has 1 aromatic carbocycles. The zero-order valence-corrected chi connectivity index (χ0v) is 9.95. The summed E-state index contributed by atoms with van der Waals surface area (Å²) < 4.78 is 19.3. The molecule has 2 atom stereocenters. The highest BCUT2D eigenvalue weighted by molar-refractivity contribution is 5.21. The molecule has 0 saturated carbocycles. The van der Waals surface area contributed by atoms with E-state index in [2.05, 4.69) is 0 Å². The van der Waals surface area contributed by atoms with Crippen molar-refractivity contribution in [3.8, 4) is 0 Å². The smallest absolute Gasteiger partial charge is 0.129 e. The maximum atomic E-state index is 13.6. The Bertz CT molecular complexity index is 317. The van der Waals surface area contributed by atoms with Crippen molar-refractivity contribution in [3.05, 3.63) is 35.6 Å². The van der Waals surface area contributed by atoms with Crippen LogP contribution in [0.3, 0.4) is 0 Å². The van der Waals surface area contributed by atoms with E-state index in [1.54, 1.807) is 12.1 Å². The average molecular weight is 225 g/mol. The molecule has 0 amide bonds. The molecule has 0 bridgehead atoms. The topological polar surface area (TPSA) is 35.2 Å². The van der Waals surface area contributed by atoms with Gasteiger partial charge in [-0.2, -0.15) is 0 Å². The van der Waals surface area contributed by atoms with Gasteiger partial charge in [-0.25, -0.2) is 4.39 Å². The lowest BCUT2D eigenvalue weighted by atomic mass is 10.0. The molecule has 1 aromatic rings. The van der Waals surface area contributed by atoms with Crippen molar-refractivity contribution in [1.29, 1.82) is 0 Å². The standard InChI is InChI=1S/C13H20FNO/c1-3-9-16-13(12(15)4-2)10-7-5-6-8-11(10)14/h5-8,12-13H,3-4,9,15H2,1-2H3. The zero-order valence-electron chi connectivity index (χ0n) is 9.95. The van der Waals surface area contributed by atoms with Crippen molar-refractivity contribution in [3.63, 3.8) is 0 Å². The Labute approximate surface area is 96.6 Å². The van der Waals surface area contributed by atoms with Crippen molar-refractivity contribution in [2.75, 3.05) is 6.61 Å². The lowest BCUT2D eigenvalue weighted by molar-refractivity contribution is 0.0316. The fraction of sp³-hybridized carbons (Fsp3) is 0.538. The summed E-state index contributed by atoms with van der Waals surface area (Å²) in [5.41, 5.74) is 6.53. The van der Waals surface area contributed by atoms with E-state index in [1.807, 2.05) is 19.9 Å². The third-order valence-corrected chi connectivity index (χ3v) is 2.57. The molecule has 3 heteroatoms. The molecule has 2 N–H and O–H groups in total. The van der Waals surface area contributed by atoms with Gasteiger partial charge in [-0.15, -0.1) is 0 Å². The van der Waals surface area contributed by atoms with E-state index in [4.69, 9.17) is 10.5 Å². The predicted molar refractivity (Wildman–Crippen MR) is 63.7 cm³/mol. The van der Waals surface area contributed by atoms with Crippen LogP contribution in [0.1, 0.15) is 38.4 Å². The number of hydrogen-bond donors (Lipinski definition) is 1. The fourth-order valence-electron chi connectivity index (χ4n) is 1.61. The minimum absolute atomic E-state index is 0.163. The molecule has 1 rings (SSSR count). The van der Waals surface area contributed by atoms with Gasteiger partial charge in [0.05, 0.1) is 0 Å². The van der Waals surface area contributed by atoms with E-state index in [0.717, 1.165) is 12.8 Å². The summed E-state index contributed by atoms with van der Waals surface area (Å²) in [6.45, 7) is 4.61. The second-order valence-electron chi connectivity index (χ2n) is 3.89. The molecule has 2 unspecified atom stereocenters. The summed E-state index contributed by atoms with van der Waals surface area (Å²) in [7, 11) is 0. The number of halogens is 1. The first-order valence-corrected chi connectivity index (χ1v) is 5.82. The van der Waals surface area contributed by atoms with Crippen LogP contribution in [-0.2, 0) is 4.74 Å². The molecular weight excluding hydrogens is 205 g/mol. The van der Waals surface area contributed by atoms with Crippen LogP contribution in [0.15, 0.2) is 24.3 Å². The summed E-state index contributed by atoms with van der Waals surface area (Å²) in [4.78, 5) is 0. The molecule has 0 fully saturated rings. The van der Waals surface area contributed by atoms with Gasteiger partial charge in [0.25, 0.3) is 0 Å². The number of benzene rings is 1. The summed E-state index contributed by atoms with van der Waals surface area (Å²) in [6.07, 6.45) is 1.33. The van der Waals surface area contributed by atoms with Gasteiger partial charge in [0.15, 0.2) is 0 Å². The predicted octanol–water partition coefficient (Wildman–Crippen LogP) is 3.03. The number of nitrogens with two attached hydrogens (primary N) is 1. The monoisotopic (exact) mass is 225 g/mol. The van der Waals surface area contributed by atoms with Gasteiger partial charge in [-0.05, 0) is 18.9 Å². The summed E-state index contributed by atoms with van der Waals surface area (Å²) in [5, 5.41) is 0. The largest absolute Gasteiger partial charge is 0.372 e. The van der Waals surface area contributed by atoms with Crippen LogP contribution >= 0.6 is 0 Å². The van der Waals surface area contributed by atoms with Gasteiger partial charge in [-0.3, -0.25) is 0 Å². The SMILES string of the molecule is CCCOC(c1ccccc1F)C(N)CC. The summed E-state index contributed by atoms with van der Waals surface area (Å²) in [6, 6.07) is 6.50. The molecule has 0 aliphatic rings. The molecule has 90 valence electrons. The maximum Gasteiger partial charge on any atom is 0.129 e. The second kappa shape index (κ2) is 6.61. The summed E-state index contributed by atoms with van der Waals surface area (Å²) in [5.74, 6) is -0.243. The molecule has 16 heavy (non-hydrogen) atoms. The number of hydrogen-bond acceptors (Lipinski definition) is 2. The van der Waals surface area contributed by atoms with Crippen LogP contribution in [0, 0.1) is 5.82 Å². The van der Waals surface area contributed by atoms with Gasteiger partial charge < -0.3 is 10.5 Å². The zero-order chi connectivity index (χ0) is 12.0. The lowest BCUT2D eigenvalue weighted by Crippen LogP contribution is -2.30. The van der Waals surface area contributed by atoms with E-state index in [1.165, 1.54) is 6.07 Å². The Balaban J connectivity index is 2.87. The van der Waals surface area contributed by atoms with E-state index in [9.17, 15) is 4.39 Å². The molecule has 2 nitrogen and oxygen atoms in total. The molecule has 0 radical (unpaired) electrons. The molecule has 0 heterocycles. The Hall–Kier alpha value is -0.930. The fourth-order valence-corrected chi connectivity index (χ4v) is 1.61. The van der Waals surface area contributed by atoms with Crippen LogP contribution < -0.4 is 5.73 Å². The van der Waals surface area contributed by atoms with Crippen LogP contribution in [0.5, 0.6) is 0 Å². The Kier molecular flexibility index (Phi) is 5.43. The van der Waals surface area contributed by atoms with Crippen LogP contribution in [0.2, 0.25) is 0 Å². The van der Waals surface area contributed by atoms with Crippen molar-refractivity contribution < 1.29 is 9.13 Å². The lowest BCUT2D eigenvalue weighted by Gasteiger charge is -2.24. The molecular formula is C13H20FNO. The van der Waals surface area contributed by atoms with E-state index >= 15 is 0 Å². The molecule has 0 aliphatic heterocycles. The summed E-state index contributed by atoms with van der Waals surface area (Å²) >= 11 is 0. The Morgan fingerprint density at radius 3 is 2.56 bits per heavy atom. The number of ether oxygens (including phenoxy) is 1. The third-order valence-electron chi connectivity index (χ3n) is 2.57. The normalized spacial score (nSPS) is 14.8. The van der Waals surface area contributed by atoms with Crippen molar-refractivity contribution in [2.24, 2.45) is 5.73 Å². The average Bonchev–Trinajstić information content (AvgIpc) is 2.31. The highest BCUT2D eigenvalue weighted by atomic mass is 19.1. The second-order valence-corrected chi connectivity index (χ2v) is 3.89. The number of rotatable bonds is 6. The van der Waals surface area contributed by atoms with Gasteiger partial charge in [-0.1, -0.05) is 32.0 Å². The highest BCUT2D eigenvalue weighted by Crippen LogP contribution is 2.24. The van der Waals surface area contributed by atoms with Crippen LogP contribution in [0.25, 0.3) is 0 Å². The molecule has 0 spiro atoms. The Morgan fingerprint density at radius 1 is 1.31 bits per heavy atom. The maximum absolute atomic E-state index is 13.6. The minimum Gasteiger partial charge on any atom is -0.372 e. The van der Waals surface area contributed by atoms with Gasteiger partial charge in [0.2, 0.25) is 0 Å². The third kappa shape index (κ3) is 3.29.